The van der Waals surface area contributed by atoms with E-state index in [0.29, 0.717) is 12.5 Å². The molecule has 0 bridgehead atoms. The minimum Gasteiger partial charge on any atom is -0.341 e. The van der Waals surface area contributed by atoms with E-state index in [1.165, 1.54) is 0 Å². The zero-order chi connectivity index (χ0) is 13.3. The fourth-order valence-corrected chi connectivity index (χ4v) is 2.52. The summed E-state index contributed by atoms with van der Waals surface area (Å²) in [5.41, 5.74) is 3.11. The highest BCUT2D eigenvalue weighted by Gasteiger charge is 2.24. The molecule has 1 aromatic rings. The van der Waals surface area contributed by atoms with Crippen LogP contribution < -0.4 is 5.32 Å². The molecule has 0 radical (unpaired) electrons. The maximum atomic E-state index is 12.3. The third-order valence-electron chi connectivity index (χ3n) is 3.96. The second kappa shape index (κ2) is 5.10. The molecule has 5 nitrogen and oxygen atoms in total. The van der Waals surface area contributed by atoms with Crippen LogP contribution >= 0.6 is 0 Å². The van der Waals surface area contributed by atoms with Crippen molar-refractivity contribution >= 4 is 5.91 Å². The molecule has 18 heavy (non-hydrogen) atoms. The van der Waals surface area contributed by atoms with Crippen molar-refractivity contribution < 1.29 is 4.79 Å². The molecule has 1 aromatic heterocycles. The van der Waals surface area contributed by atoms with Crippen molar-refractivity contribution in [2.75, 3.05) is 20.1 Å². The number of likely N-dealkylation sites (N-methyl/N-ethyl adjacent to an activating group) is 1. The molecule has 0 aromatic carbocycles. The number of carbonyl (C=O) groups is 1. The fourth-order valence-electron chi connectivity index (χ4n) is 2.52. The Kier molecular flexibility index (Phi) is 3.71. The van der Waals surface area contributed by atoms with E-state index in [0.717, 1.165) is 36.5 Å². The van der Waals surface area contributed by atoms with E-state index in [2.05, 4.69) is 10.4 Å². The molecular weight excluding hydrogens is 228 g/mol. The van der Waals surface area contributed by atoms with Crippen molar-refractivity contribution in [3.63, 3.8) is 0 Å². The first-order valence-corrected chi connectivity index (χ1v) is 6.46. The zero-order valence-corrected chi connectivity index (χ0v) is 11.7. The molecule has 1 atom stereocenters. The summed E-state index contributed by atoms with van der Waals surface area (Å²) in [4.78, 5) is 14.2. The highest BCUT2D eigenvalue weighted by Crippen LogP contribution is 2.15. The monoisotopic (exact) mass is 250 g/mol. The summed E-state index contributed by atoms with van der Waals surface area (Å²) in [7, 11) is 3.82. The normalized spacial score (nSPS) is 19.2. The molecule has 1 amide bonds. The Hall–Kier alpha value is -1.36. The molecule has 0 aliphatic carbocycles. The Morgan fingerprint density at radius 2 is 2.28 bits per heavy atom. The van der Waals surface area contributed by atoms with Gasteiger partial charge in [0.2, 0.25) is 5.91 Å². The first kappa shape index (κ1) is 13.1. The van der Waals surface area contributed by atoms with Crippen molar-refractivity contribution in [2.45, 2.75) is 32.7 Å². The molecule has 0 spiro atoms. The van der Waals surface area contributed by atoms with Gasteiger partial charge in [-0.1, -0.05) is 0 Å². The Bertz CT molecular complexity index is 446. The molecule has 5 heteroatoms. The number of rotatable bonds is 3. The van der Waals surface area contributed by atoms with E-state index >= 15 is 0 Å². The van der Waals surface area contributed by atoms with Gasteiger partial charge in [-0.25, -0.2) is 0 Å². The van der Waals surface area contributed by atoms with Gasteiger partial charge in [-0.15, -0.1) is 0 Å². The first-order chi connectivity index (χ1) is 8.50. The predicted octanol–water partition coefficient (Wildman–Crippen LogP) is 0.400. The van der Waals surface area contributed by atoms with Crippen LogP contribution in [0.1, 0.15) is 23.4 Å². The van der Waals surface area contributed by atoms with Gasteiger partial charge in [0.05, 0.1) is 12.1 Å². The number of nitrogens with zero attached hydrogens (tertiary/aromatic N) is 3. The molecule has 0 unspecified atom stereocenters. The van der Waals surface area contributed by atoms with Crippen molar-refractivity contribution in [3.05, 3.63) is 17.0 Å². The smallest absolute Gasteiger partial charge is 0.227 e. The second-order valence-corrected chi connectivity index (χ2v) is 5.10. The molecule has 100 valence electrons. The lowest BCUT2D eigenvalue weighted by molar-refractivity contribution is -0.130. The largest absolute Gasteiger partial charge is 0.341 e. The van der Waals surface area contributed by atoms with Crippen LogP contribution in [0.15, 0.2) is 0 Å². The number of amides is 1. The third kappa shape index (κ3) is 2.41. The van der Waals surface area contributed by atoms with Crippen LogP contribution in [-0.2, 0) is 18.3 Å². The van der Waals surface area contributed by atoms with Gasteiger partial charge < -0.3 is 10.2 Å². The Morgan fingerprint density at radius 3 is 2.78 bits per heavy atom. The van der Waals surface area contributed by atoms with Gasteiger partial charge in [0.15, 0.2) is 0 Å². The molecule has 1 saturated heterocycles. The molecule has 2 heterocycles. The van der Waals surface area contributed by atoms with Crippen LogP contribution in [-0.4, -0.2) is 46.8 Å². The molecule has 0 saturated carbocycles. The van der Waals surface area contributed by atoms with E-state index in [1.54, 1.807) is 0 Å². The molecule has 1 fully saturated rings. The minimum absolute atomic E-state index is 0.183. The SMILES string of the molecule is Cc1nn(C)c(C)c1CC(=O)N(C)[C@H]1CCNC1. The molecule has 1 N–H and O–H groups in total. The summed E-state index contributed by atoms with van der Waals surface area (Å²) in [6.07, 6.45) is 1.51. The minimum atomic E-state index is 0.183. The maximum absolute atomic E-state index is 12.3. The number of hydrogen-bond acceptors (Lipinski definition) is 3. The van der Waals surface area contributed by atoms with Crippen molar-refractivity contribution in [3.8, 4) is 0 Å². The summed E-state index contributed by atoms with van der Waals surface area (Å²) >= 11 is 0. The standard InChI is InChI=1S/C13H22N4O/c1-9-12(10(2)17(4)15-9)7-13(18)16(3)11-5-6-14-8-11/h11,14H,5-8H2,1-4H3/t11-/m0/s1. The van der Waals surface area contributed by atoms with E-state index in [4.69, 9.17) is 0 Å². The lowest BCUT2D eigenvalue weighted by Crippen LogP contribution is -2.39. The van der Waals surface area contributed by atoms with Crippen LogP contribution in [0.3, 0.4) is 0 Å². The van der Waals surface area contributed by atoms with Gasteiger partial charge in [-0.2, -0.15) is 5.10 Å². The summed E-state index contributed by atoms with van der Waals surface area (Å²) in [5, 5.41) is 7.64. The average Bonchev–Trinajstić information content (AvgIpc) is 2.93. The molecule has 1 aliphatic heterocycles. The predicted molar refractivity (Wildman–Crippen MR) is 70.4 cm³/mol. The van der Waals surface area contributed by atoms with E-state index in [1.807, 2.05) is 37.5 Å². The molecule has 2 rings (SSSR count). The van der Waals surface area contributed by atoms with Crippen LogP contribution in [0, 0.1) is 13.8 Å². The van der Waals surface area contributed by atoms with Crippen molar-refractivity contribution in [1.29, 1.82) is 0 Å². The van der Waals surface area contributed by atoms with Crippen LogP contribution in [0.2, 0.25) is 0 Å². The number of aromatic nitrogens is 2. The van der Waals surface area contributed by atoms with Gasteiger partial charge in [-0.3, -0.25) is 9.48 Å². The van der Waals surface area contributed by atoms with Gasteiger partial charge in [0, 0.05) is 37.9 Å². The molecular formula is C13H22N4O. The van der Waals surface area contributed by atoms with E-state index in [-0.39, 0.29) is 5.91 Å². The van der Waals surface area contributed by atoms with Gasteiger partial charge in [0.1, 0.15) is 0 Å². The quantitative estimate of drug-likeness (QED) is 0.845. The summed E-state index contributed by atoms with van der Waals surface area (Å²) in [6.45, 7) is 5.90. The second-order valence-electron chi connectivity index (χ2n) is 5.10. The maximum Gasteiger partial charge on any atom is 0.227 e. The van der Waals surface area contributed by atoms with Gasteiger partial charge in [-0.05, 0) is 26.8 Å². The lowest BCUT2D eigenvalue weighted by Gasteiger charge is -2.23. The Morgan fingerprint density at radius 1 is 1.56 bits per heavy atom. The summed E-state index contributed by atoms with van der Waals surface area (Å²) in [5.74, 6) is 0.183. The number of hydrogen-bond donors (Lipinski definition) is 1. The lowest BCUT2D eigenvalue weighted by atomic mass is 10.1. The zero-order valence-electron chi connectivity index (χ0n) is 11.7. The van der Waals surface area contributed by atoms with Gasteiger partial charge in [0.25, 0.3) is 0 Å². The number of aryl methyl sites for hydroxylation is 2. The molecule has 1 aliphatic rings. The van der Waals surface area contributed by atoms with Crippen molar-refractivity contribution in [1.82, 2.24) is 20.0 Å². The summed E-state index contributed by atoms with van der Waals surface area (Å²) < 4.78 is 1.84. The fraction of sp³-hybridized carbons (Fsp3) is 0.692. The number of carbonyl (C=O) groups excluding carboxylic acids is 1. The topological polar surface area (TPSA) is 50.2 Å². The van der Waals surface area contributed by atoms with Crippen LogP contribution in [0.25, 0.3) is 0 Å². The summed E-state index contributed by atoms with van der Waals surface area (Å²) in [6, 6.07) is 0.342. The number of nitrogens with one attached hydrogen (secondary N) is 1. The average molecular weight is 250 g/mol. The first-order valence-electron chi connectivity index (χ1n) is 6.46. The van der Waals surface area contributed by atoms with E-state index < -0.39 is 0 Å². The van der Waals surface area contributed by atoms with E-state index in [9.17, 15) is 4.79 Å². The van der Waals surface area contributed by atoms with Crippen molar-refractivity contribution in [2.24, 2.45) is 7.05 Å². The van der Waals surface area contributed by atoms with Gasteiger partial charge >= 0.3 is 0 Å². The highest BCUT2D eigenvalue weighted by atomic mass is 16.2. The highest BCUT2D eigenvalue weighted by molar-refractivity contribution is 5.79. The Balaban J connectivity index is 2.06. The third-order valence-corrected chi connectivity index (χ3v) is 3.96. The van der Waals surface area contributed by atoms with Crippen LogP contribution in [0.4, 0.5) is 0 Å². The van der Waals surface area contributed by atoms with Crippen LogP contribution in [0.5, 0.6) is 0 Å². The Labute approximate surface area is 108 Å².